The van der Waals surface area contributed by atoms with Crippen LogP contribution in [0.4, 0.5) is 5.82 Å². The Morgan fingerprint density at radius 2 is 1.86 bits per heavy atom. The van der Waals surface area contributed by atoms with Gasteiger partial charge in [-0.05, 0) is 55.9 Å². The van der Waals surface area contributed by atoms with Crippen molar-refractivity contribution in [2.24, 2.45) is 11.8 Å². The first-order valence-corrected chi connectivity index (χ1v) is 10.9. The van der Waals surface area contributed by atoms with E-state index in [1.165, 1.54) is 6.42 Å². The van der Waals surface area contributed by atoms with Gasteiger partial charge in [-0.15, -0.1) is 0 Å². The number of hydrogen-bond acceptors (Lipinski definition) is 4. The second-order valence-corrected chi connectivity index (χ2v) is 8.46. The molecule has 29 heavy (non-hydrogen) atoms. The molecule has 154 valence electrons. The van der Waals surface area contributed by atoms with E-state index in [9.17, 15) is 4.79 Å². The van der Waals surface area contributed by atoms with Crippen LogP contribution < -0.4 is 9.64 Å². The first kappa shape index (κ1) is 19.7. The first-order valence-electron chi connectivity index (χ1n) is 10.9. The molecule has 2 saturated heterocycles. The lowest BCUT2D eigenvalue weighted by Gasteiger charge is -2.33. The zero-order valence-electron chi connectivity index (χ0n) is 17.3. The van der Waals surface area contributed by atoms with Crippen molar-refractivity contribution in [3.63, 3.8) is 0 Å². The number of pyridine rings is 1. The van der Waals surface area contributed by atoms with Crippen LogP contribution in [0.5, 0.6) is 5.75 Å². The van der Waals surface area contributed by atoms with Crippen molar-refractivity contribution in [3.8, 4) is 5.75 Å². The van der Waals surface area contributed by atoms with Gasteiger partial charge in [0.15, 0.2) is 0 Å². The number of rotatable bonds is 5. The number of nitrogens with zero attached hydrogens (tertiary/aromatic N) is 3. The van der Waals surface area contributed by atoms with Crippen molar-refractivity contribution in [1.82, 2.24) is 9.88 Å². The number of benzene rings is 1. The average Bonchev–Trinajstić information content (AvgIpc) is 2.79. The van der Waals surface area contributed by atoms with Gasteiger partial charge in [-0.3, -0.25) is 4.79 Å². The largest absolute Gasteiger partial charge is 0.493 e. The molecule has 2 aliphatic rings. The quantitative estimate of drug-likeness (QED) is 0.762. The predicted molar refractivity (Wildman–Crippen MR) is 115 cm³/mol. The molecule has 0 radical (unpaired) electrons. The Morgan fingerprint density at radius 1 is 1.07 bits per heavy atom. The lowest BCUT2D eigenvalue weighted by atomic mass is 9.98. The maximum absolute atomic E-state index is 12.7. The molecule has 0 spiro atoms. The van der Waals surface area contributed by atoms with Gasteiger partial charge in [0.25, 0.3) is 5.91 Å². The molecule has 1 unspecified atom stereocenters. The lowest BCUT2D eigenvalue weighted by molar-refractivity contribution is 0.0697. The summed E-state index contributed by atoms with van der Waals surface area (Å²) in [4.78, 5) is 21.6. The van der Waals surface area contributed by atoms with Crippen molar-refractivity contribution in [2.45, 2.75) is 32.6 Å². The van der Waals surface area contributed by atoms with Crippen LogP contribution in [0.3, 0.4) is 0 Å². The fraction of sp³-hybridized carbons (Fsp3) is 0.500. The maximum atomic E-state index is 12.7. The van der Waals surface area contributed by atoms with E-state index in [1.807, 2.05) is 47.4 Å². The van der Waals surface area contributed by atoms with Crippen molar-refractivity contribution in [3.05, 3.63) is 54.2 Å². The summed E-state index contributed by atoms with van der Waals surface area (Å²) in [7, 11) is 0. The highest BCUT2D eigenvalue weighted by Gasteiger charge is 2.24. The highest BCUT2D eigenvalue weighted by Crippen LogP contribution is 2.24. The van der Waals surface area contributed by atoms with Crippen LogP contribution in [0.15, 0.2) is 48.7 Å². The molecular weight excluding hydrogens is 362 g/mol. The molecule has 5 nitrogen and oxygen atoms in total. The van der Waals surface area contributed by atoms with E-state index in [0.29, 0.717) is 11.5 Å². The maximum Gasteiger partial charge on any atom is 0.255 e. The van der Waals surface area contributed by atoms with Crippen molar-refractivity contribution >= 4 is 11.7 Å². The Balaban J connectivity index is 1.32. The molecule has 1 amide bonds. The number of carbonyl (C=O) groups is 1. The Morgan fingerprint density at radius 3 is 2.59 bits per heavy atom. The van der Waals surface area contributed by atoms with Gasteiger partial charge in [-0.25, -0.2) is 4.98 Å². The molecule has 1 aromatic carbocycles. The molecule has 2 aliphatic heterocycles. The number of aromatic nitrogens is 1. The van der Waals surface area contributed by atoms with Gasteiger partial charge in [-0.1, -0.05) is 25.1 Å². The van der Waals surface area contributed by atoms with E-state index in [0.717, 1.165) is 69.5 Å². The number of likely N-dealkylation sites (tertiary alicyclic amines) is 1. The summed E-state index contributed by atoms with van der Waals surface area (Å²) in [6.45, 7) is 6.65. The first-order chi connectivity index (χ1) is 14.2. The summed E-state index contributed by atoms with van der Waals surface area (Å²) < 4.78 is 5.96. The smallest absolute Gasteiger partial charge is 0.255 e. The third kappa shape index (κ3) is 5.08. The summed E-state index contributed by atoms with van der Waals surface area (Å²) >= 11 is 0. The summed E-state index contributed by atoms with van der Waals surface area (Å²) in [6, 6.07) is 13.9. The predicted octanol–water partition coefficient (Wildman–Crippen LogP) is 4.25. The molecule has 1 atom stereocenters. The van der Waals surface area contributed by atoms with Crippen LogP contribution in [0.2, 0.25) is 0 Å². The molecule has 3 heterocycles. The minimum absolute atomic E-state index is 0.115. The third-order valence-electron chi connectivity index (χ3n) is 6.14. The minimum Gasteiger partial charge on any atom is -0.493 e. The van der Waals surface area contributed by atoms with Crippen LogP contribution in [-0.2, 0) is 0 Å². The summed E-state index contributed by atoms with van der Waals surface area (Å²) in [5.74, 6) is 3.21. The molecule has 2 aromatic rings. The molecule has 4 rings (SSSR count). The molecule has 0 saturated carbocycles. The van der Waals surface area contributed by atoms with Crippen LogP contribution in [-0.4, -0.2) is 48.6 Å². The SMILES string of the molecule is CC1CCN(C(=O)c2ccc(N3CCCC(COc4ccccc4)C3)nc2)CC1. The van der Waals surface area contributed by atoms with Gasteiger partial charge in [0.1, 0.15) is 11.6 Å². The van der Waals surface area contributed by atoms with Crippen LogP contribution in [0, 0.1) is 11.8 Å². The highest BCUT2D eigenvalue weighted by atomic mass is 16.5. The number of carbonyl (C=O) groups excluding carboxylic acids is 1. The monoisotopic (exact) mass is 393 g/mol. The van der Waals surface area contributed by atoms with Gasteiger partial charge in [0.2, 0.25) is 0 Å². The van der Waals surface area contributed by atoms with Crippen LogP contribution >= 0.6 is 0 Å². The highest BCUT2D eigenvalue weighted by molar-refractivity contribution is 5.94. The van der Waals surface area contributed by atoms with Gasteiger partial charge >= 0.3 is 0 Å². The number of piperidine rings is 2. The van der Waals surface area contributed by atoms with Crippen molar-refractivity contribution in [1.29, 1.82) is 0 Å². The Labute approximate surface area is 173 Å². The Hall–Kier alpha value is -2.56. The fourth-order valence-electron chi connectivity index (χ4n) is 4.23. The zero-order chi connectivity index (χ0) is 20.1. The van der Waals surface area contributed by atoms with E-state index >= 15 is 0 Å². The van der Waals surface area contributed by atoms with E-state index in [-0.39, 0.29) is 5.91 Å². The van der Waals surface area contributed by atoms with Gasteiger partial charge < -0.3 is 14.5 Å². The van der Waals surface area contributed by atoms with E-state index in [2.05, 4.69) is 16.8 Å². The molecule has 0 aliphatic carbocycles. The molecule has 1 aromatic heterocycles. The lowest BCUT2D eigenvalue weighted by Crippen LogP contribution is -2.39. The third-order valence-corrected chi connectivity index (χ3v) is 6.14. The normalized spacial score (nSPS) is 20.5. The number of hydrogen-bond donors (Lipinski definition) is 0. The number of para-hydroxylation sites is 1. The van der Waals surface area contributed by atoms with E-state index < -0.39 is 0 Å². The van der Waals surface area contributed by atoms with Crippen molar-refractivity contribution in [2.75, 3.05) is 37.7 Å². The average molecular weight is 394 g/mol. The van der Waals surface area contributed by atoms with Crippen molar-refractivity contribution < 1.29 is 9.53 Å². The zero-order valence-corrected chi connectivity index (χ0v) is 17.3. The standard InChI is InChI=1S/C24H31N3O2/c1-19-11-14-26(15-12-19)24(28)21-9-10-23(25-16-21)27-13-5-6-20(17-27)18-29-22-7-3-2-4-8-22/h2-4,7-10,16,19-20H,5-6,11-15,17-18H2,1H3. The van der Waals surface area contributed by atoms with E-state index in [4.69, 9.17) is 4.74 Å². The molecule has 0 N–H and O–H groups in total. The number of amides is 1. The van der Waals surface area contributed by atoms with Gasteiger partial charge in [0.05, 0.1) is 12.2 Å². The van der Waals surface area contributed by atoms with Crippen LogP contribution in [0.1, 0.15) is 43.0 Å². The van der Waals surface area contributed by atoms with Gasteiger partial charge in [0, 0.05) is 38.3 Å². The molecule has 2 fully saturated rings. The molecular formula is C24H31N3O2. The second kappa shape index (κ2) is 9.29. The Bertz CT molecular complexity index is 786. The summed E-state index contributed by atoms with van der Waals surface area (Å²) in [5, 5.41) is 0. The Kier molecular flexibility index (Phi) is 6.33. The topological polar surface area (TPSA) is 45.7 Å². The summed E-state index contributed by atoms with van der Waals surface area (Å²) in [6.07, 6.45) is 6.25. The molecule has 5 heteroatoms. The minimum atomic E-state index is 0.115. The number of ether oxygens (including phenoxy) is 1. The number of anilines is 1. The fourth-order valence-corrected chi connectivity index (χ4v) is 4.23. The molecule has 0 bridgehead atoms. The second-order valence-electron chi connectivity index (χ2n) is 8.46. The summed E-state index contributed by atoms with van der Waals surface area (Å²) in [5.41, 5.74) is 0.698. The van der Waals surface area contributed by atoms with Crippen LogP contribution in [0.25, 0.3) is 0 Å². The van der Waals surface area contributed by atoms with Gasteiger partial charge in [-0.2, -0.15) is 0 Å². The van der Waals surface area contributed by atoms with E-state index in [1.54, 1.807) is 6.20 Å².